The van der Waals surface area contributed by atoms with Gasteiger partial charge in [0.05, 0.1) is 6.54 Å². The van der Waals surface area contributed by atoms with Gasteiger partial charge in [-0.3, -0.25) is 0 Å². The second kappa shape index (κ2) is 12.0. The lowest BCUT2D eigenvalue weighted by atomic mass is 10.1. The van der Waals surface area contributed by atoms with E-state index in [-0.39, 0.29) is 6.03 Å². The number of urea groups is 1. The molecule has 1 aliphatic rings. The zero-order valence-corrected chi connectivity index (χ0v) is 18.8. The molecule has 3 N–H and O–H groups in total. The summed E-state index contributed by atoms with van der Waals surface area (Å²) >= 11 is 0. The fourth-order valence-electron chi connectivity index (χ4n) is 3.49. The average Bonchev–Trinajstić information content (AvgIpc) is 3.32. The Morgan fingerprint density at radius 3 is 2.55 bits per heavy atom. The molecule has 2 aromatic rings. The van der Waals surface area contributed by atoms with Crippen LogP contribution in [0.2, 0.25) is 0 Å². The van der Waals surface area contributed by atoms with Gasteiger partial charge < -0.3 is 20.9 Å². The van der Waals surface area contributed by atoms with Crippen LogP contribution in [0.15, 0.2) is 53.5 Å². The molecule has 0 unspecified atom stereocenters. The predicted molar refractivity (Wildman–Crippen MR) is 128 cm³/mol. The number of hydrogen-bond donors (Lipinski definition) is 3. The minimum atomic E-state index is -0.0140. The number of likely N-dealkylation sites (tertiary alicyclic amines) is 1. The normalized spacial score (nSPS) is 13.9. The van der Waals surface area contributed by atoms with Gasteiger partial charge in [-0.1, -0.05) is 55.3 Å². The van der Waals surface area contributed by atoms with Crippen molar-refractivity contribution in [3.05, 3.63) is 65.2 Å². The molecule has 0 radical (unpaired) electrons. The molecule has 1 aliphatic heterocycles. The van der Waals surface area contributed by atoms with Crippen LogP contribution in [-0.2, 0) is 13.1 Å². The molecule has 0 bridgehead atoms. The zero-order valence-electron chi connectivity index (χ0n) is 18.8. The fourth-order valence-corrected chi connectivity index (χ4v) is 3.49. The third kappa shape index (κ3) is 7.63. The summed E-state index contributed by atoms with van der Waals surface area (Å²) in [5.74, 6) is 0.806. The van der Waals surface area contributed by atoms with Crippen LogP contribution in [0.5, 0.6) is 0 Å². The van der Waals surface area contributed by atoms with Crippen molar-refractivity contribution < 1.29 is 4.79 Å². The number of nitrogens with zero attached hydrogens (tertiary/aromatic N) is 2. The number of anilines is 1. The van der Waals surface area contributed by atoms with Gasteiger partial charge in [0.25, 0.3) is 0 Å². The Morgan fingerprint density at radius 1 is 1.03 bits per heavy atom. The number of amides is 2. The van der Waals surface area contributed by atoms with Crippen LogP contribution in [0.25, 0.3) is 0 Å². The molecule has 6 heteroatoms. The number of rotatable bonds is 8. The molecule has 31 heavy (non-hydrogen) atoms. The maximum Gasteiger partial charge on any atom is 0.321 e. The van der Waals surface area contributed by atoms with E-state index in [4.69, 9.17) is 4.99 Å². The maximum atomic E-state index is 12.3. The lowest BCUT2D eigenvalue weighted by Gasteiger charge is -2.16. The Labute approximate surface area is 186 Å². The summed E-state index contributed by atoms with van der Waals surface area (Å²) in [6.07, 6.45) is 4.41. The third-order valence-corrected chi connectivity index (χ3v) is 5.39. The van der Waals surface area contributed by atoms with Crippen molar-refractivity contribution >= 4 is 17.7 Å². The van der Waals surface area contributed by atoms with Crippen molar-refractivity contribution in [2.24, 2.45) is 4.99 Å². The molecule has 1 heterocycles. The average molecular weight is 422 g/mol. The van der Waals surface area contributed by atoms with E-state index in [9.17, 15) is 4.79 Å². The van der Waals surface area contributed by atoms with E-state index in [1.807, 2.05) is 29.2 Å². The van der Waals surface area contributed by atoms with Gasteiger partial charge in [-0.2, -0.15) is 0 Å². The first-order valence-electron chi connectivity index (χ1n) is 11.4. The highest BCUT2D eigenvalue weighted by atomic mass is 16.2. The second-order valence-corrected chi connectivity index (χ2v) is 8.11. The molecule has 6 nitrogen and oxygen atoms in total. The summed E-state index contributed by atoms with van der Waals surface area (Å²) in [5.41, 5.74) is 4.36. The SMILES string of the molecule is CCCCNC(=NCc1cccc(NC(=O)N2CCCC2)c1)NCc1ccc(C)cc1. The number of aliphatic imine (C=N–C) groups is 1. The number of unbranched alkanes of at least 4 members (excludes halogenated alkanes) is 1. The van der Waals surface area contributed by atoms with E-state index in [1.165, 1.54) is 11.1 Å². The summed E-state index contributed by atoms with van der Waals surface area (Å²) in [7, 11) is 0. The van der Waals surface area contributed by atoms with Gasteiger partial charge in [0, 0.05) is 31.9 Å². The fraction of sp³-hybridized carbons (Fsp3) is 0.440. The van der Waals surface area contributed by atoms with Crippen molar-refractivity contribution in [3.8, 4) is 0 Å². The summed E-state index contributed by atoms with van der Waals surface area (Å²) in [6, 6.07) is 16.4. The molecule has 2 aromatic carbocycles. The number of carbonyl (C=O) groups excluding carboxylic acids is 1. The Morgan fingerprint density at radius 2 is 1.81 bits per heavy atom. The van der Waals surface area contributed by atoms with E-state index in [2.05, 4.69) is 54.1 Å². The number of hydrogen-bond acceptors (Lipinski definition) is 2. The molecular formula is C25H35N5O. The first-order chi connectivity index (χ1) is 15.1. The largest absolute Gasteiger partial charge is 0.356 e. The summed E-state index contributed by atoms with van der Waals surface area (Å²) < 4.78 is 0. The smallest absolute Gasteiger partial charge is 0.321 e. The van der Waals surface area contributed by atoms with Gasteiger partial charge in [0.2, 0.25) is 0 Å². The predicted octanol–water partition coefficient (Wildman–Crippen LogP) is 4.66. The Balaban J connectivity index is 1.59. The minimum absolute atomic E-state index is 0.0140. The lowest BCUT2D eigenvalue weighted by molar-refractivity contribution is 0.222. The maximum absolute atomic E-state index is 12.3. The Kier molecular flexibility index (Phi) is 8.76. The summed E-state index contributed by atoms with van der Waals surface area (Å²) in [4.78, 5) is 19.0. The molecule has 0 aliphatic carbocycles. The van der Waals surface area contributed by atoms with Crippen molar-refractivity contribution in [1.29, 1.82) is 0 Å². The number of carbonyl (C=O) groups is 1. The molecule has 2 amide bonds. The highest BCUT2D eigenvalue weighted by Gasteiger charge is 2.17. The number of nitrogens with one attached hydrogen (secondary N) is 3. The van der Waals surface area contributed by atoms with Crippen LogP contribution in [-0.4, -0.2) is 36.5 Å². The molecule has 0 aromatic heterocycles. The van der Waals surface area contributed by atoms with Gasteiger partial charge in [-0.15, -0.1) is 0 Å². The van der Waals surface area contributed by atoms with E-state index >= 15 is 0 Å². The van der Waals surface area contributed by atoms with Gasteiger partial charge in [0.15, 0.2) is 5.96 Å². The molecule has 0 saturated carbocycles. The van der Waals surface area contributed by atoms with Crippen LogP contribution in [0.1, 0.15) is 49.3 Å². The molecule has 3 rings (SSSR count). The molecule has 1 fully saturated rings. The van der Waals surface area contributed by atoms with Gasteiger partial charge >= 0.3 is 6.03 Å². The van der Waals surface area contributed by atoms with Gasteiger partial charge in [-0.05, 0) is 49.4 Å². The molecule has 0 atom stereocenters. The summed E-state index contributed by atoms with van der Waals surface area (Å²) in [6.45, 7) is 8.12. The van der Waals surface area contributed by atoms with Crippen molar-refractivity contribution in [3.63, 3.8) is 0 Å². The van der Waals surface area contributed by atoms with Gasteiger partial charge in [-0.25, -0.2) is 9.79 Å². The molecular weight excluding hydrogens is 386 g/mol. The molecule has 1 saturated heterocycles. The van der Waals surface area contributed by atoms with Crippen molar-refractivity contribution in [1.82, 2.24) is 15.5 Å². The van der Waals surface area contributed by atoms with E-state index in [1.54, 1.807) is 0 Å². The minimum Gasteiger partial charge on any atom is -0.356 e. The molecule has 166 valence electrons. The Bertz CT molecular complexity index is 856. The first-order valence-corrected chi connectivity index (χ1v) is 11.4. The highest BCUT2D eigenvalue weighted by Crippen LogP contribution is 2.14. The van der Waals surface area contributed by atoms with Crippen LogP contribution < -0.4 is 16.0 Å². The van der Waals surface area contributed by atoms with Crippen molar-refractivity contribution in [2.45, 2.75) is 52.6 Å². The quantitative estimate of drug-likeness (QED) is 0.330. The van der Waals surface area contributed by atoms with E-state index in [0.717, 1.165) is 69.1 Å². The van der Waals surface area contributed by atoms with Crippen LogP contribution in [0.3, 0.4) is 0 Å². The topological polar surface area (TPSA) is 68.8 Å². The van der Waals surface area contributed by atoms with Crippen molar-refractivity contribution in [2.75, 3.05) is 25.0 Å². The second-order valence-electron chi connectivity index (χ2n) is 8.11. The lowest BCUT2D eigenvalue weighted by Crippen LogP contribution is -2.37. The van der Waals surface area contributed by atoms with Crippen LogP contribution in [0, 0.1) is 6.92 Å². The molecule has 0 spiro atoms. The third-order valence-electron chi connectivity index (χ3n) is 5.39. The van der Waals surface area contributed by atoms with E-state index < -0.39 is 0 Å². The number of aryl methyl sites for hydroxylation is 1. The summed E-state index contributed by atoms with van der Waals surface area (Å²) in [5, 5.41) is 9.86. The monoisotopic (exact) mass is 421 g/mol. The number of benzene rings is 2. The Hall–Kier alpha value is -3.02. The van der Waals surface area contributed by atoms with Crippen LogP contribution >= 0.6 is 0 Å². The van der Waals surface area contributed by atoms with E-state index in [0.29, 0.717) is 6.54 Å². The first kappa shape index (κ1) is 22.7. The van der Waals surface area contributed by atoms with Gasteiger partial charge in [0.1, 0.15) is 0 Å². The standard InChI is InChI=1S/C25H35N5O/c1-3-4-14-26-24(27-18-21-12-10-20(2)11-13-21)28-19-22-8-7-9-23(17-22)29-25(31)30-15-5-6-16-30/h7-13,17H,3-6,14-16,18-19H2,1-2H3,(H,29,31)(H2,26,27,28). The van der Waals surface area contributed by atoms with Crippen LogP contribution in [0.4, 0.5) is 10.5 Å². The number of guanidine groups is 1. The zero-order chi connectivity index (χ0) is 21.9. The highest BCUT2D eigenvalue weighted by molar-refractivity contribution is 5.89.